The smallest absolute Gasteiger partial charge is 0.125 e. The van der Waals surface area contributed by atoms with Gasteiger partial charge in [0.1, 0.15) is 5.82 Å². The monoisotopic (exact) mass is 224 g/mol. The second-order valence-corrected chi connectivity index (χ2v) is 4.20. The van der Waals surface area contributed by atoms with E-state index in [0.717, 1.165) is 19.3 Å². The summed E-state index contributed by atoms with van der Waals surface area (Å²) in [5.41, 5.74) is 7.15. The Morgan fingerprint density at radius 1 is 1.19 bits per heavy atom. The Morgan fingerprint density at radius 3 is 2.25 bits per heavy atom. The first kappa shape index (κ1) is 12.8. The van der Waals surface area contributed by atoms with Gasteiger partial charge in [0.05, 0.1) is 11.4 Å². The second kappa shape index (κ2) is 5.19. The third kappa shape index (κ3) is 2.65. The largest absolute Gasteiger partial charge is 0.397 e. The van der Waals surface area contributed by atoms with Crippen LogP contribution >= 0.6 is 0 Å². The van der Waals surface area contributed by atoms with Crippen LogP contribution < -0.4 is 11.1 Å². The molecule has 16 heavy (non-hydrogen) atoms. The van der Waals surface area contributed by atoms with Gasteiger partial charge < -0.3 is 11.1 Å². The van der Waals surface area contributed by atoms with Gasteiger partial charge in [-0.2, -0.15) is 0 Å². The Kier molecular flexibility index (Phi) is 4.16. The topological polar surface area (TPSA) is 38.0 Å². The lowest BCUT2D eigenvalue weighted by Gasteiger charge is -2.33. The lowest BCUT2D eigenvalue weighted by Crippen LogP contribution is -2.36. The maximum atomic E-state index is 13.1. The Labute approximate surface area is 97.0 Å². The fraction of sp³-hybridized carbons (Fsp3) is 0.538. The van der Waals surface area contributed by atoms with Crippen molar-refractivity contribution in [2.24, 2.45) is 0 Å². The van der Waals surface area contributed by atoms with E-state index in [1.54, 1.807) is 6.07 Å². The molecule has 0 heterocycles. The Balaban J connectivity index is 2.97. The number of halogens is 1. The van der Waals surface area contributed by atoms with Crippen molar-refractivity contribution in [1.82, 2.24) is 0 Å². The molecule has 1 aromatic rings. The van der Waals surface area contributed by atoms with Gasteiger partial charge in [-0.3, -0.25) is 0 Å². The fourth-order valence-corrected chi connectivity index (χ4v) is 1.94. The van der Waals surface area contributed by atoms with Crippen LogP contribution in [0.1, 0.15) is 40.0 Å². The summed E-state index contributed by atoms with van der Waals surface area (Å²) in [6.45, 7) is 6.40. The molecule has 0 amide bonds. The summed E-state index contributed by atoms with van der Waals surface area (Å²) in [6, 6.07) is 4.44. The molecule has 0 fully saturated rings. The van der Waals surface area contributed by atoms with Crippen molar-refractivity contribution in [2.75, 3.05) is 11.1 Å². The predicted molar refractivity (Wildman–Crippen MR) is 68.0 cm³/mol. The number of hydrogen-bond acceptors (Lipinski definition) is 2. The molecule has 3 N–H and O–H groups in total. The fourth-order valence-electron chi connectivity index (χ4n) is 1.94. The molecule has 0 aliphatic carbocycles. The first-order valence-corrected chi connectivity index (χ1v) is 5.90. The average Bonchev–Trinajstić information content (AvgIpc) is 2.31. The van der Waals surface area contributed by atoms with Crippen molar-refractivity contribution >= 4 is 11.4 Å². The van der Waals surface area contributed by atoms with Gasteiger partial charge >= 0.3 is 0 Å². The molecule has 0 aliphatic heterocycles. The lowest BCUT2D eigenvalue weighted by atomic mass is 9.89. The molecule has 3 heteroatoms. The summed E-state index contributed by atoms with van der Waals surface area (Å²) in [6.07, 6.45) is 2.99. The van der Waals surface area contributed by atoms with Gasteiger partial charge in [0, 0.05) is 5.54 Å². The lowest BCUT2D eigenvalue weighted by molar-refractivity contribution is 0.420. The van der Waals surface area contributed by atoms with Crippen molar-refractivity contribution in [3.05, 3.63) is 24.0 Å². The zero-order valence-electron chi connectivity index (χ0n) is 10.3. The van der Waals surface area contributed by atoms with Gasteiger partial charge in [0.15, 0.2) is 0 Å². The maximum absolute atomic E-state index is 13.1. The van der Waals surface area contributed by atoms with Crippen LogP contribution in [0.2, 0.25) is 0 Å². The van der Waals surface area contributed by atoms with Gasteiger partial charge in [-0.25, -0.2) is 4.39 Å². The van der Waals surface area contributed by atoms with Gasteiger partial charge in [-0.1, -0.05) is 20.8 Å². The minimum Gasteiger partial charge on any atom is -0.397 e. The van der Waals surface area contributed by atoms with Crippen LogP contribution in [0.4, 0.5) is 15.8 Å². The normalized spacial score (nSPS) is 11.5. The highest BCUT2D eigenvalue weighted by atomic mass is 19.1. The summed E-state index contributed by atoms with van der Waals surface area (Å²) < 4.78 is 13.1. The summed E-state index contributed by atoms with van der Waals surface area (Å²) >= 11 is 0. The second-order valence-electron chi connectivity index (χ2n) is 4.20. The van der Waals surface area contributed by atoms with Crippen LogP contribution in [-0.4, -0.2) is 5.54 Å². The minimum absolute atomic E-state index is 0.0158. The first-order chi connectivity index (χ1) is 7.56. The van der Waals surface area contributed by atoms with E-state index in [1.807, 2.05) is 0 Å². The van der Waals surface area contributed by atoms with Crippen molar-refractivity contribution in [1.29, 1.82) is 0 Å². The number of anilines is 2. The summed E-state index contributed by atoms with van der Waals surface area (Å²) in [7, 11) is 0. The third-order valence-electron chi connectivity index (χ3n) is 3.45. The number of rotatable bonds is 5. The molecule has 0 saturated heterocycles. The molecule has 0 bridgehead atoms. The van der Waals surface area contributed by atoms with Gasteiger partial charge in [-0.05, 0) is 37.5 Å². The molecule has 0 aliphatic rings. The van der Waals surface area contributed by atoms with Gasteiger partial charge in [-0.15, -0.1) is 0 Å². The molecule has 0 aromatic heterocycles. The molecule has 0 radical (unpaired) electrons. The Hall–Kier alpha value is -1.25. The molecule has 1 aromatic carbocycles. The summed E-state index contributed by atoms with van der Waals surface area (Å²) in [5.74, 6) is -0.256. The highest BCUT2D eigenvalue weighted by Gasteiger charge is 2.24. The molecular formula is C13H21FN2. The van der Waals surface area contributed by atoms with Gasteiger partial charge in [0.2, 0.25) is 0 Å². The molecule has 0 unspecified atom stereocenters. The molecule has 0 spiro atoms. The minimum atomic E-state index is -0.256. The van der Waals surface area contributed by atoms with Crippen LogP contribution in [0.15, 0.2) is 18.2 Å². The number of nitrogens with two attached hydrogens (primary N) is 1. The van der Waals surface area contributed by atoms with Crippen molar-refractivity contribution in [3.63, 3.8) is 0 Å². The average molecular weight is 224 g/mol. The van der Waals surface area contributed by atoms with Crippen LogP contribution in [0, 0.1) is 5.82 Å². The van der Waals surface area contributed by atoms with Crippen LogP contribution in [0.25, 0.3) is 0 Å². The predicted octanol–water partition coefficient (Wildman–Crippen LogP) is 3.79. The Morgan fingerprint density at radius 2 is 1.75 bits per heavy atom. The third-order valence-corrected chi connectivity index (χ3v) is 3.45. The number of nitrogens with one attached hydrogen (secondary N) is 1. The number of benzene rings is 1. The van der Waals surface area contributed by atoms with Gasteiger partial charge in [0.25, 0.3) is 0 Å². The van der Waals surface area contributed by atoms with Crippen LogP contribution in [0.5, 0.6) is 0 Å². The molecule has 2 nitrogen and oxygen atoms in total. The van der Waals surface area contributed by atoms with Crippen LogP contribution in [0.3, 0.4) is 0 Å². The molecule has 0 saturated carbocycles. The zero-order chi connectivity index (χ0) is 12.2. The van der Waals surface area contributed by atoms with E-state index in [-0.39, 0.29) is 11.4 Å². The molecule has 1 rings (SSSR count). The van der Waals surface area contributed by atoms with E-state index in [4.69, 9.17) is 5.73 Å². The van der Waals surface area contributed by atoms with E-state index in [2.05, 4.69) is 26.1 Å². The van der Waals surface area contributed by atoms with Crippen molar-refractivity contribution < 1.29 is 4.39 Å². The highest BCUT2D eigenvalue weighted by molar-refractivity contribution is 5.66. The first-order valence-electron chi connectivity index (χ1n) is 5.90. The number of nitrogen functional groups attached to an aromatic ring is 1. The van der Waals surface area contributed by atoms with Crippen LogP contribution in [-0.2, 0) is 0 Å². The molecular weight excluding hydrogens is 203 g/mol. The Bertz CT molecular complexity index is 338. The molecule has 0 atom stereocenters. The SMILES string of the molecule is CCC(CC)(CC)Nc1cc(F)ccc1N. The van der Waals surface area contributed by atoms with E-state index in [1.165, 1.54) is 12.1 Å². The van der Waals surface area contributed by atoms with Crippen molar-refractivity contribution in [3.8, 4) is 0 Å². The molecule has 90 valence electrons. The summed E-state index contributed by atoms with van der Waals surface area (Å²) in [4.78, 5) is 0. The van der Waals surface area contributed by atoms with Crippen molar-refractivity contribution in [2.45, 2.75) is 45.6 Å². The maximum Gasteiger partial charge on any atom is 0.125 e. The van der Waals surface area contributed by atoms with E-state index in [9.17, 15) is 4.39 Å². The quantitative estimate of drug-likeness (QED) is 0.747. The van der Waals surface area contributed by atoms with E-state index < -0.39 is 0 Å². The highest BCUT2D eigenvalue weighted by Crippen LogP contribution is 2.29. The van der Waals surface area contributed by atoms with E-state index in [0.29, 0.717) is 11.4 Å². The van der Waals surface area contributed by atoms with E-state index >= 15 is 0 Å². The number of hydrogen-bond donors (Lipinski definition) is 2. The summed E-state index contributed by atoms with van der Waals surface area (Å²) in [5, 5.41) is 3.39. The zero-order valence-corrected chi connectivity index (χ0v) is 10.3. The standard InChI is InChI=1S/C13H21FN2/c1-4-13(5-2,6-3)16-12-9-10(14)7-8-11(12)15/h7-9,16H,4-6,15H2,1-3H3.